The lowest BCUT2D eigenvalue weighted by Crippen LogP contribution is -2.24. The van der Waals surface area contributed by atoms with Crippen LogP contribution in [0.3, 0.4) is 0 Å². The first-order valence-corrected chi connectivity index (χ1v) is 8.89. The zero-order valence-corrected chi connectivity index (χ0v) is 15.6. The average molecular weight is 417 g/mol. The molecule has 0 fully saturated rings. The van der Waals surface area contributed by atoms with E-state index in [-0.39, 0.29) is 12.4 Å². The number of anilines is 1. The minimum Gasteiger partial charge on any atom is -0.406 e. The van der Waals surface area contributed by atoms with Gasteiger partial charge in [-0.2, -0.15) is 0 Å². The van der Waals surface area contributed by atoms with Gasteiger partial charge in [0.1, 0.15) is 5.75 Å². The van der Waals surface area contributed by atoms with E-state index in [4.69, 9.17) is 4.84 Å². The summed E-state index contributed by atoms with van der Waals surface area (Å²) in [6, 6.07) is 15.9. The van der Waals surface area contributed by atoms with Crippen LogP contribution in [0.4, 0.5) is 18.9 Å². The van der Waals surface area contributed by atoms with Crippen LogP contribution in [0.15, 0.2) is 73.1 Å². The summed E-state index contributed by atoms with van der Waals surface area (Å²) in [4.78, 5) is 21.6. The summed E-state index contributed by atoms with van der Waals surface area (Å²) in [6.45, 7) is 0.368. The number of rotatable bonds is 8. The van der Waals surface area contributed by atoms with Gasteiger partial charge in [-0.15, -0.1) is 13.2 Å². The molecular weight excluding hydrogens is 399 g/mol. The minimum atomic E-state index is -4.78. The maximum absolute atomic E-state index is 12.5. The molecule has 156 valence electrons. The Balaban J connectivity index is 1.56. The molecule has 2 aromatic carbocycles. The van der Waals surface area contributed by atoms with Crippen molar-refractivity contribution in [2.24, 2.45) is 0 Å². The number of hydroxylamine groups is 1. The molecule has 6 nitrogen and oxygen atoms in total. The maximum atomic E-state index is 12.5. The van der Waals surface area contributed by atoms with Crippen molar-refractivity contribution in [1.29, 1.82) is 0 Å². The Labute approximate surface area is 170 Å². The number of ether oxygens (including phenoxy) is 1. The molecule has 0 atom stereocenters. The van der Waals surface area contributed by atoms with Crippen LogP contribution in [-0.2, 0) is 18.0 Å². The molecule has 0 saturated heterocycles. The number of pyridine rings is 1. The zero-order chi connectivity index (χ0) is 21.4. The molecule has 0 aliphatic rings. The Morgan fingerprint density at radius 2 is 1.73 bits per heavy atom. The van der Waals surface area contributed by atoms with Crippen LogP contribution in [0, 0.1) is 0 Å². The number of alkyl halides is 3. The van der Waals surface area contributed by atoms with E-state index < -0.39 is 12.3 Å². The standard InChI is InChI=1S/C21H18F3N3O3/c22-21(23,24)30-17-5-3-4-16(12-17)14-29-27-20(28)18-6-1-2-7-19(18)26-13-15-8-10-25-11-9-15/h1-12,26H,13-14H2,(H,27,28). The summed E-state index contributed by atoms with van der Waals surface area (Å²) >= 11 is 0. The number of hydrogen-bond donors (Lipinski definition) is 2. The average Bonchev–Trinajstić information content (AvgIpc) is 2.72. The predicted octanol–water partition coefficient (Wildman–Crippen LogP) is 4.45. The van der Waals surface area contributed by atoms with Gasteiger partial charge in [0.15, 0.2) is 0 Å². The van der Waals surface area contributed by atoms with Crippen molar-refractivity contribution in [3.05, 3.63) is 89.7 Å². The quantitative estimate of drug-likeness (QED) is 0.530. The van der Waals surface area contributed by atoms with Crippen molar-refractivity contribution in [2.45, 2.75) is 19.5 Å². The molecule has 3 aromatic rings. The van der Waals surface area contributed by atoms with E-state index in [1.54, 1.807) is 42.7 Å². The first-order chi connectivity index (χ1) is 14.4. The first kappa shape index (κ1) is 21.1. The lowest BCUT2D eigenvalue weighted by atomic mass is 10.1. The third-order valence-corrected chi connectivity index (χ3v) is 3.94. The Bertz CT molecular complexity index is 982. The Morgan fingerprint density at radius 1 is 0.967 bits per heavy atom. The largest absolute Gasteiger partial charge is 0.573 e. The first-order valence-electron chi connectivity index (χ1n) is 8.89. The van der Waals surface area contributed by atoms with Crippen molar-refractivity contribution in [3.63, 3.8) is 0 Å². The summed E-state index contributed by atoms with van der Waals surface area (Å²) in [5, 5.41) is 3.18. The normalized spacial score (nSPS) is 11.0. The number of nitrogens with zero attached hydrogens (tertiary/aromatic N) is 1. The Kier molecular flexibility index (Phi) is 6.87. The predicted molar refractivity (Wildman–Crippen MR) is 103 cm³/mol. The number of amides is 1. The van der Waals surface area contributed by atoms with Crippen molar-refractivity contribution in [1.82, 2.24) is 10.5 Å². The van der Waals surface area contributed by atoms with Crippen LogP contribution in [0.5, 0.6) is 5.75 Å². The van der Waals surface area contributed by atoms with Gasteiger partial charge in [-0.3, -0.25) is 14.6 Å². The highest BCUT2D eigenvalue weighted by Crippen LogP contribution is 2.23. The lowest BCUT2D eigenvalue weighted by Gasteiger charge is -2.13. The van der Waals surface area contributed by atoms with Crippen LogP contribution in [-0.4, -0.2) is 17.3 Å². The molecule has 30 heavy (non-hydrogen) atoms. The molecule has 0 spiro atoms. The molecule has 1 amide bonds. The van der Waals surface area contributed by atoms with Gasteiger partial charge in [0, 0.05) is 24.6 Å². The van der Waals surface area contributed by atoms with E-state index >= 15 is 0 Å². The van der Waals surface area contributed by atoms with E-state index in [1.807, 2.05) is 12.1 Å². The van der Waals surface area contributed by atoms with Crippen LogP contribution >= 0.6 is 0 Å². The second-order valence-electron chi connectivity index (χ2n) is 6.17. The number of aromatic nitrogens is 1. The second kappa shape index (κ2) is 9.75. The molecule has 9 heteroatoms. The molecule has 2 N–H and O–H groups in total. The molecule has 3 rings (SSSR count). The fourth-order valence-electron chi connectivity index (χ4n) is 2.61. The molecule has 1 heterocycles. The number of hydrogen-bond acceptors (Lipinski definition) is 5. The monoisotopic (exact) mass is 417 g/mol. The SMILES string of the molecule is O=C(NOCc1cccc(OC(F)(F)F)c1)c1ccccc1NCc1ccncc1. The van der Waals surface area contributed by atoms with E-state index in [9.17, 15) is 18.0 Å². The van der Waals surface area contributed by atoms with Crippen molar-refractivity contribution >= 4 is 11.6 Å². The number of carbonyl (C=O) groups excluding carboxylic acids is 1. The molecular formula is C21H18F3N3O3. The van der Waals surface area contributed by atoms with Crippen LogP contribution in [0.25, 0.3) is 0 Å². The summed E-state index contributed by atoms with van der Waals surface area (Å²) < 4.78 is 40.8. The van der Waals surface area contributed by atoms with Gasteiger partial charge >= 0.3 is 6.36 Å². The van der Waals surface area contributed by atoms with Crippen LogP contribution < -0.4 is 15.5 Å². The number of para-hydroxylation sites is 1. The Hall–Kier alpha value is -3.59. The van der Waals surface area contributed by atoms with E-state index in [0.717, 1.165) is 5.56 Å². The highest BCUT2D eigenvalue weighted by atomic mass is 19.4. The molecule has 1 aromatic heterocycles. The summed E-state index contributed by atoms with van der Waals surface area (Å²) in [5.74, 6) is -0.851. The fourth-order valence-corrected chi connectivity index (χ4v) is 2.61. The molecule has 0 radical (unpaired) electrons. The van der Waals surface area contributed by atoms with Gasteiger partial charge in [0.25, 0.3) is 5.91 Å². The van der Waals surface area contributed by atoms with Gasteiger partial charge < -0.3 is 10.1 Å². The molecule has 0 aliphatic heterocycles. The zero-order valence-electron chi connectivity index (χ0n) is 15.6. The van der Waals surface area contributed by atoms with E-state index in [2.05, 4.69) is 20.5 Å². The third-order valence-electron chi connectivity index (χ3n) is 3.94. The summed E-state index contributed by atoms with van der Waals surface area (Å²) in [6.07, 6.45) is -1.42. The van der Waals surface area contributed by atoms with E-state index in [1.165, 1.54) is 18.2 Å². The van der Waals surface area contributed by atoms with Crippen molar-refractivity contribution < 1.29 is 27.5 Å². The molecule has 0 unspecified atom stereocenters. The lowest BCUT2D eigenvalue weighted by molar-refractivity contribution is -0.274. The van der Waals surface area contributed by atoms with Crippen molar-refractivity contribution in [2.75, 3.05) is 5.32 Å². The number of benzene rings is 2. The molecule has 0 saturated carbocycles. The number of carbonyl (C=O) groups is 1. The van der Waals surface area contributed by atoms with E-state index in [0.29, 0.717) is 23.4 Å². The Morgan fingerprint density at radius 3 is 2.50 bits per heavy atom. The van der Waals surface area contributed by atoms with Crippen LogP contribution in [0.1, 0.15) is 21.5 Å². The maximum Gasteiger partial charge on any atom is 0.573 e. The molecule has 0 aliphatic carbocycles. The second-order valence-corrected chi connectivity index (χ2v) is 6.17. The number of nitrogens with one attached hydrogen (secondary N) is 2. The van der Waals surface area contributed by atoms with Gasteiger partial charge in [0.2, 0.25) is 0 Å². The van der Waals surface area contributed by atoms with Gasteiger partial charge in [-0.1, -0.05) is 24.3 Å². The highest BCUT2D eigenvalue weighted by molar-refractivity contribution is 5.98. The minimum absolute atomic E-state index is 0.132. The molecule has 0 bridgehead atoms. The van der Waals surface area contributed by atoms with Gasteiger partial charge in [-0.05, 0) is 47.5 Å². The smallest absolute Gasteiger partial charge is 0.406 e. The topological polar surface area (TPSA) is 72.5 Å². The number of halogens is 3. The van der Waals surface area contributed by atoms with Gasteiger partial charge in [0.05, 0.1) is 12.2 Å². The third kappa shape index (κ3) is 6.49. The van der Waals surface area contributed by atoms with Crippen molar-refractivity contribution in [3.8, 4) is 5.75 Å². The summed E-state index contributed by atoms with van der Waals surface area (Å²) in [7, 11) is 0. The summed E-state index contributed by atoms with van der Waals surface area (Å²) in [5.41, 5.74) is 4.67. The van der Waals surface area contributed by atoms with Crippen LogP contribution in [0.2, 0.25) is 0 Å². The fraction of sp³-hybridized carbons (Fsp3) is 0.143. The highest BCUT2D eigenvalue weighted by Gasteiger charge is 2.31. The van der Waals surface area contributed by atoms with Gasteiger partial charge in [-0.25, -0.2) is 5.48 Å².